The van der Waals surface area contributed by atoms with Crippen molar-refractivity contribution < 1.29 is 4.79 Å². The molecule has 144 valence electrons. The van der Waals surface area contributed by atoms with E-state index < -0.39 is 0 Å². The molecule has 1 aromatic heterocycles. The van der Waals surface area contributed by atoms with Crippen LogP contribution in [0.5, 0.6) is 0 Å². The first-order valence-electron chi connectivity index (χ1n) is 10.1. The Labute approximate surface area is 161 Å². The van der Waals surface area contributed by atoms with Gasteiger partial charge in [0.2, 0.25) is 0 Å². The topological polar surface area (TPSA) is 51.1 Å². The fourth-order valence-electron chi connectivity index (χ4n) is 4.18. The molecule has 1 aromatic carbocycles. The number of carbonyl (C=O) groups is 1. The zero-order chi connectivity index (χ0) is 19.4. The number of rotatable bonds is 5. The molecule has 4 heteroatoms. The van der Waals surface area contributed by atoms with Gasteiger partial charge in [0.25, 0.3) is 5.91 Å². The molecule has 0 bridgehead atoms. The number of hydrogen-bond acceptors (Lipinski definition) is 2. The Hall–Kier alpha value is -2.36. The van der Waals surface area contributed by atoms with Crippen molar-refractivity contribution in [3.05, 3.63) is 63.1 Å². The van der Waals surface area contributed by atoms with Gasteiger partial charge in [-0.3, -0.25) is 9.59 Å². The quantitative estimate of drug-likeness (QED) is 0.821. The largest absolute Gasteiger partial charge is 0.348 e. The van der Waals surface area contributed by atoms with Gasteiger partial charge in [-0.05, 0) is 50.7 Å². The summed E-state index contributed by atoms with van der Waals surface area (Å²) in [7, 11) is 0. The van der Waals surface area contributed by atoms with E-state index in [9.17, 15) is 9.59 Å². The fraction of sp³-hybridized carbons (Fsp3) is 0.478. The monoisotopic (exact) mass is 366 g/mol. The van der Waals surface area contributed by atoms with Gasteiger partial charge in [-0.15, -0.1) is 0 Å². The second kappa shape index (κ2) is 8.55. The van der Waals surface area contributed by atoms with Crippen molar-refractivity contribution in [2.24, 2.45) is 5.92 Å². The molecular formula is C23H30N2O2. The van der Waals surface area contributed by atoms with E-state index in [1.807, 2.05) is 38.1 Å². The molecule has 1 amide bonds. The number of anilines is 1. The van der Waals surface area contributed by atoms with Crippen molar-refractivity contribution >= 4 is 11.6 Å². The number of benzene rings is 1. The lowest BCUT2D eigenvalue weighted by atomic mass is 9.89. The maximum absolute atomic E-state index is 12.9. The predicted octanol–water partition coefficient (Wildman–Crippen LogP) is 4.86. The molecule has 1 saturated carbocycles. The van der Waals surface area contributed by atoms with Gasteiger partial charge in [0.15, 0.2) is 5.43 Å². The van der Waals surface area contributed by atoms with Crippen molar-refractivity contribution in [1.29, 1.82) is 0 Å². The van der Waals surface area contributed by atoms with Crippen LogP contribution in [0.1, 0.15) is 66.3 Å². The summed E-state index contributed by atoms with van der Waals surface area (Å²) < 4.78 is 2.21. The van der Waals surface area contributed by atoms with Crippen LogP contribution in [-0.2, 0) is 13.0 Å². The van der Waals surface area contributed by atoms with E-state index in [4.69, 9.17) is 0 Å². The molecule has 0 spiro atoms. The maximum atomic E-state index is 12.9. The SMILES string of the molecule is CCc1cc(=O)c(C(=O)Nc2ccccc2C)c(C)n1CC1CCCCC1. The Morgan fingerprint density at radius 1 is 1.15 bits per heavy atom. The number of aryl methyl sites for hydroxylation is 2. The van der Waals surface area contributed by atoms with Crippen LogP contribution in [0.15, 0.2) is 35.1 Å². The first kappa shape index (κ1) is 19.4. The molecule has 1 fully saturated rings. The van der Waals surface area contributed by atoms with Crippen molar-refractivity contribution in [1.82, 2.24) is 4.57 Å². The van der Waals surface area contributed by atoms with Crippen LogP contribution in [0.4, 0.5) is 5.69 Å². The number of nitrogens with one attached hydrogen (secondary N) is 1. The second-order valence-electron chi connectivity index (χ2n) is 7.70. The van der Waals surface area contributed by atoms with E-state index in [2.05, 4.69) is 16.8 Å². The molecular weight excluding hydrogens is 336 g/mol. The van der Waals surface area contributed by atoms with Gasteiger partial charge in [0.1, 0.15) is 5.56 Å². The minimum absolute atomic E-state index is 0.185. The highest BCUT2D eigenvalue weighted by Gasteiger charge is 2.21. The molecule has 27 heavy (non-hydrogen) atoms. The highest BCUT2D eigenvalue weighted by Crippen LogP contribution is 2.26. The first-order chi connectivity index (χ1) is 13.0. The molecule has 0 unspecified atom stereocenters. The fourth-order valence-corrected chi connectivity index (χ4v) is 4.18. The third kappa shape index (κ3) is 4.32. The number of hydrogen-bond donors (Lipinski definition) is 1. The molecule has 1 aliphatic rings. The molecule has 4 nitrogen and oxygen atoms in total. The Morgan fingerprint density at radius 3 is 2.52 bits per heavy atom. The third-order valence-electron chi connectivity index (χ3n) is 5.81. The minimum atomic E-state index is -0.313. The van der Waals surface area contributed by atoms with Crippen LogP contribution in [-0.4, -0.2) is 10.5 Å². The van der Waals surface area contributed by atoms with E-state index >= 15 is 0 Å². The number of pyridine rings is 1. The van der Waals surface area contributed by atoms with Crippen LogP contribution in [0.25, 0.3) is 0 Å². The summed E-state index contributed by atoms with van der Waals surface area (Å²) in [5.74, 6) is 0.323. The van der Waals surface area contributed by atoms with Gasteiger partial charge in [0, 0.05) is 29.7 Å². The van der Waals surface area contributed by atoms with Gasteiger partial charge < -0.3 is 9.88 Å². The lowest BCUT2D eigenvalue weighted by Crippen LogP contribution is -2.29. The molecule has 1 N–H and O–H groups in total. The van der Waals surface area contributed by atoms with Crippen molar-refractivity contribution in [2.45, 2.75) is 65.8 Å². The molecule has 1 aliphatic carbocycles. The number of nitrogens with zero attached hydrogens (tertiary/aromatic N) is 1. The third-order valence-corrected chi connectivity index (χ3v) is 5.81. The Balaban J connectivity index is 1.94. The normalized spacial score (nSPS) is 14.9. The number of carbonyl (C=O) groups excluding carboxylic acids is 1. The molecule has 1 heterocycles. The molecule has 0 aliphatic heterocycles. The number of para-hydroxylation sites is 1. The average molecular weight is 367 g/mol. The first-order valence-corrected chi connectivity index (χ1v) is 10.1. The zero-order valence-corrected chi connectivity index (χ0v) is 16.7. The average Bonchev–Trinajstić information content (AvgIpc) is 2.66. The maximum Gasteiger partial charge on any atom is 0.261 e. The highest BCUT2D eigenvalue weighted by molar-refractivity contribution is 6.05. The second-order valence-corrected chi connectivity index (χ2v) is 7.70. The molecule has 3 rings (SSSR count). The Bertz CT molecular complexity index is 876. The molecule has 0 radical (unpaired) electrons. The summed E-state index contributed by atoms with van der Waals surface area (Å²) in [5, 5.41) is 2.92. The summed E-state index contributed by atoms with van der Waals surface area (Å²) in [6.45, 7) is 6.83. The smallest absolute Gasteiger partial charge is 0.261 e. The molecule has 0 atom stereocenters. The van der Waals surface area contributed by atoms with Crippen LogP contribution >= 0.6 is 0 Å². The zero-order valence-electron chi connectivity index (χ0n) is 16.7. The van der Waals surface area contributed by atoms with Gasteiger partial charge >= 0.3 is 0 Å². The van der Waals surface area contributed by atoms with Crippen molar-refractivity contribution in [2.75, 3.05) is 5.32 Å². The van der Waals surface area contributed by atoms with Gasteiger partial charge in [-0.25, -0.2) is 0 Å². The van der Waals surface area contributed by atoms with E-state index in [-0.39, 0.29) is 16.9 Å². The van der Waals surface area contributed by atoms with E-state index in [0.717, 1.165) is 35.6 Å². The number of amides is 1. The summed E-state index contributed by atoms with van der Waals surface area (Å²) in [6, 6.07) is 9.29. The Morgan fingerprint density at radius 2 is 1.85 bits per heavy atom. The molecule has 2 aromatic rings. The summed E-state index contributed by atoms with van der Waals surface area (Å²) in [6.07, 6.45) is 7.16. The van der Waals surface area contributed by atoms with Crippen LogP contribution in [0, 0.1) is 19.8 Å². The van der Waals surface area contributed by atoms with Gasteiger partial charge in [0.05, 0.1) is 0 Å². The summed E-state index contributed by atoms with van der Waals surface area (Å²) in [5.41, 5.74) is 3.63. The van der Waals surface area contributed by atoms with Crippen molar-refractivity contribution in [3.8, 4) is 0 Å². The van der Waals surface area contributed by atoms with Gasteiger partial charge in [-0.2, -0.15) is 0 Å². The lowest BCUT2D eigenvalue weighted by Gasteiger charge is -2.26. The highest BCUT2D eigenvalue weighted by atomic mass is 16.2. The summed E-state index contributed by atoms with van der Waals surface area (Å²) >= 11 is 0. The standard InChI is InChI=1S/C23H30N2O2/c1-4-19-14-21(26)22(23(27)24-20-13-9-8-10-16(20)2)17(3)25(19)15-18-11-6-5-7-12-18/h8-10,13-14,18H,4-7,11-12,15H2,1-3H3,(H,24,27). The summed E-state index contributed by atoms with van der Waals surface area (Å²) in [4.78, 5) is 25.6. The van der Waals surface area contributed by atoms with E-state index in [0.29, 0.717) is 5.92 Å². The predicted molar refractivity (Wildman–Crippen MR) is 111 cm³/mol. The minimum Gasteiger partial charge on any atom is -0.348 e. The van der Waals surface area contributed by atoms with Gasteiger partial charge in [-0.1, -0.05) is 44.4 Å². The van der Waals surface area contributed by atoms with Crippen LogP contribution in [0.2, 0.25) is 0 Å². The van der Waals surface area contributed by atoms with E-state index in [1.165, 1.54) is 32.1 Å². The van der Waals surface area contributed by atoms with Crippen molar-refractivity contribution in [3.63, 3.8) is 0 Å². The molecule has 0 saturated heterocycles. The lowest BCUT2D eigenvalue weighted by molar-refractivity contribution is 0.102. The van der Waals surface area contributed by atoms with Crippen LogP contribution in [0.3, 0.4) is 0 Å². The van der Waals surface area contributed by atoms with E-state index in [1.54, 1.807) is 6.07 Å². The van der Waals surface area contributed by atoms with Crippen LogP contribution < -0.4 is 10.7 Å². The Kier molecular flexibility index (Phi) is 6.15. The number of aromatic nitrogens is 1.